The van der Waals surface area contributed by atoms with Crippen LogP contribution in [0.15, 0.2) is 17.1 Å². The number of aromatic nitrogens is 5. The highest BCUT2D eigenvalue weighted by molar-refractivity contribution is 5.95. The van der Waals surface area contributed by atoms with Gasteiger partial charge in [-0.1, -0.05) is 6.92 Å². The molecule has 258 valence electrons. The molecule has 1 saturated heterocycles. The number of nitrogens with one attached hydrogen (secondary N) is 1. The van der Waals surface area contributed by atoms with E-state index in [4.69, 9.17) is 19.7 Å². The molecule has 1 atom stereocenters. The molecule has 4 aliphatic carbocycles. The van der Waals surface area contributed by atoms with Gasteiger partial charge in [-0.25, -0.2) is 4.98 Å². The molecule has 2 bridgehead atoms. The van der Waals surface area contributed by atoms with Crippen LogP contribution in [-0.2, 0) is 28.9 Å². The zero-order valence-electron chi connectivity index (χ0n) is 27.8. The highest BCUT2D eigenvalue weighted by atomic mass is 16.5. The Morgan fingerprint density at radius 2 is 1.88 bits per heavy atom. The summed E-state index contributed by atoms with van der Waals surface area (Å²) in [5.41, 5.74) is 2.99. The lowest BCUT2D eigenvalue weighted by atomic mass is 9.75. The van der Waals surface area contributed by atoms with Gasteiger partial charge >= 0.3 is 0 Å². The Hall–Kier alpha value is -4.46. The number of fused-ring (bicyclic) bond motifs is 3. The van der Waals surface area contributed by atoms with Gasteiger partial charge < -0.3 is 34.3 Å². The van der Waals surface area contributed by atoms with Gasteiger partial charge in [-0.05, 0) is 62.4 Å². The van der Waals surface area contributed by atoms with Crippen LogP contribution in [0.3, 0.4) is 0 Å². The molecule has 2 amide bonds. The molecule has 3 aliphatic heterocycles. The van der Waals surface area contributed by atoms with Gasteiger partial charge in [-0.3, -0.25) is 14.4 Å². The van der Waals surface area contributed by atoms with Crippen molar-refractivity contribution in [2.24, 2.45) is 17.8 Å². The van der Waals surface area contributed by atoms with Crippen molar-refractivity contribution in [3.63, 3.8) is 0 Å². The minimum atomic E-state index is -0.353. The number of aromatic hydroxyl groups is 1. The Morgan fingerprint density at radius 3 is 2.61 bits per heavy atom. The highest BCUT2D eigenvalue weighted by Crippen LogP contribution is 2.62. The lowest BCUT2D eigenvalue weighted by Crippen LogP contribution is -2.53. The predicted octanol–water partition coefficient (Wildman–Crippen LogP) is 2.11. The number of hydrogen-bond donors (Lipinski definition) is 2. The number of anilines is 1. The van der Waals surface area contributed by atoms with Crippen LogP contribution in [-0.4, -0.2) is 97.9 Å². The van der Waals surface area contributed by atoms with Crippen LogP contribution in [0.5, 0.6) is 11.5 Å². The zero-order chi connectivity index (χ0) is 33.4. The first-order chi connectivity index (χ1) is 23.8. The fraction of sp³-hybridized carbons (Fsp3) is 0.600. The maximum atomic E-state index is 14.3. The number of hydrogen-bond acceptors (Lipinski definition) is 10. The third kappa shape index (κ3) is 5.09. The summed E-state index contributed by atoms with van der Waals surface area (Å²) in [6.45, 7) is 4.93. The summed E-state index contributed by atoms with van der Waals surface area (Å²) in [5.74, 6) is 2.29. The molecule has 6 heterocycles. The van der Waals surface area contributed by atoms with Crippen molar-refractivity contribution in [1.29, 1.82) is 0 Å². The van der Waals surface area contributed by atoms with Gasteiger partial charge in [0, 0.05) is 55.8 Å². The summed E-state index contributed by atoms with van der Waals surface area (Å²) < 4.78 is 12.9. The first-order valence-electron chi connectivity index (χ1n) is 17.8. The van der Waals surface area contributed by atoms with Crippen LogP contribution in [0.4, 0.5) is 5.69 Å². The Kier molecular flexibility index (Phi) is 7.22. The molecule has 14 heteroatoms. The van der Waals surface area contributed by atoms with E-state index in [-0.39, 0.29) is 46.3 Å². The van der Waals surface area contributed by atoms with E-state index in [1.54, 1.807) is 4.90 Å². The third-order valence-electron chi connectivity index (χ3n) is 11.7. The normalized spacial score (nSPS) is 25.9. The van der Waals surface area contributed by atoms with Crippen LogP contribution in [0.2, 0.25) is 0 Å². The number of carbonyl (C=O) groups is 2. The summed E-state index contributed by atoms with van der Waals surface area (Å²) in [6.07, 6.45) is 10.9. The molecule has 10 rings (SSSR count). The number of carbonyl (C=O) groups excluding carboxylic acids is 2. The fourth-order valence-electron chi connectivity index (χ4n) is 9.14. The summed E-state index contributed by atoms with van der Waals surface area (Å²) in [4.78, 5) is 51.1. The molecule has 4 saturated carbocycles. The molecule has 14 nitrogen and oxygen atoms in total. The maximum Gasteiger partial charge on any atom is 0.276 e. The lowest BCUT2D eigenvalue weighted by Gasteiger charge is -2.39. The molecule has 0 aromatic carbocycles. The summed E-state index contributed by atoms with van der Waals surface area (Å²) >= 11 is 0. The standard InChI is InChI=1S/C35H42N8O6/c1-2-25-30(40-8-10-41(11-9-40)34(47)29-31(45)23-7-14-49-26(23)18-36-29)32(46)28-33(39-43(38-28)22-5-12-48-13-6-22)42(25)19-27(44)37-35-15-21(16-35)24(17-35)20-3-4-20/h5,18,20-21,24,45H,2-4,6-17,19H2,1H3,(H,37,44). The third-order valence-corrected chi connectivity index (χ3v) is 11.7. The number of pyridine rings is 2. The summed E-state index contributed by atoms with van der Waals surface area (Å²) in [6, 6.07) is 0. The minimum absolute atomic E-state index is 0.0173. The molecular formula is C35H42N8O6. The molecule has 3 aromatic heterocycles. The highest BCUT2D eigenvalue weighted by Gasteiger charge is 2.59. The van der Waals surface area contributed by atoms with Gasteiger partial charge in [0.25, 0.3) is 5.91 Å². The van der Waals surface area contributed by atoms with E-state index in [9.17, 15) is 19.5 Å². The topological polar surface area (TPSA) is 157 Å². The molecular weight excluding hydrogens is 628 g/mol. The van der Waals surface area contributed by atoms with Crippen LogP contribution >= 0.6 is 0 Å². The number of rotatable bonds is 8. The predicted molar refractivity (Wildman–Crippen MR) is 179 cm³/mol. The Bertz CT molecular complexity index is 1950. The van der Waals surface area contributed by atoms with E-state index < -0.39 is 0 Å². The lowest BCUT2D eigenvalue weighted by molar-refractivity contribution is -0.124. The van der Waals surface area contributed by atoms with Crippen LogP contribution in [0.25, 0.3) is 16.9 Å². The monoisotopic (exact) mass is 670 g/mol. The smallest absolute Gasteiger partial charge is 0.276 e. The molecule has 0 radical (unpaired) electrons. The Morgan fingerprint density at radius 1 is 1.06 bits per heavy atom. The van der Waals surface area contributed by atoms with Crippen LogP contribution in [0, 0.1) is 17.8 Å². The first kappa shape index (κ1) is 30.6. The van der Waals surface area contributed by atoms with Crippen molar-refractivity contribution in [2.45, 2.75) is 70.4 Å². The second-order valence-corrected chi connectivity index (χ2v) is 14.6. The molecule has 49 heavy (non-hydrogen) atoms. The average molecular weight is 671 g/mol. The molecule has 3 aromatic rings. The fourth-order valence-corrected chi connectivity index (χ4v) is 9.14. The number of ether oxygens (including phenoxy) is 2. The number of piperazine rings is 1. The Labute approximate surface area is 283 Å². The SMILES string of the molecule is CCc1c(N2CCN(C(=O)c3ncc4c(c3O)CCO4)CC2)c(=O)c2nn(C3=CCOCC3)nc2n1CC(=O)NC12CC(C1)C(C1CC1)C2. The van der Waals surface area contributed by atoms with Crippen molar-refractivity contribution in [3.8, 4) is 11.5 Å². The largest absolute Gasteiger partial charge is 0.505 e. The molecule has 0 spiro atoms. The van der Waals surface area contributed by atoms with E-state index in [0.29, 0.717) is 87.9 Å². The van der Waals surface area contributed by atoms with Crippen molar-refractivity contribution in [1.82, 2.24) is 34.8 Å². The second-order valence-electron chi connectivity index (χ2n) is 14.6. The summed E-state index contributed by atoms with van der Waals surface area (Å²) in [7, 11) is 0. The second kappa shape index (κ2) is 11.6. The van der Waals surface area contributed by atoms with Crippen molar-refractivity contribution in [3.05, 3.63) is 39.4 Å². The van der Waals surface area contributed by atoms with Gasteiger partial charge in [-0.15, -0.1) is 10.2 Å². The van der Waals surface area contributed by atoms with E-state index in [1.165, 1.54) is 23.8 Å². The first-order valence-corrected chi connectivity index (χ1v) is 17.8. The van der Waals surface area contributed by atoms with Gasteiger partial charge in [-0.2, -0.15) is 4.80 Å². The van der Waals surface area contributed by atoms with Gasteiger partial charge in [0.15, 0.2) is 22.6 Å². The molecule has 1 unspecified atom stereocenters. The van der Waals surface area contributed by atoms with Gasteiger partial charge in [0.2, 0.25) is 11.3 Å². The maximum absolute atomic E-state index is 14.3. The zero-order valence-corrected chi connectivity index (χ0v) is 27.8. The van der Waals surface area contributed by atoms with Crippen LogP contribution < -0.4 is 20.4 Å². The minimum Gasteiger partial charge on any atom is -0.505 e. The van der Waals surface area contributed by atoms with E-state index >= 15 is 0 Å². The Balaban J connectivity index is 1.02. The van der Waals surface area contributed by atoms with Gasteiger partial charge in [0.1, 0.15) is 18.0 Å². The number of amides is 2. The molecule has 7 aliphatic rings. The summed E-state index contributed by atoms with van der Waals surface area (Å²) in [5, 5.41) is 23.7. The quantitative estimate of drug-likeness (QED) is 0.364. The number of nitrogens with zero attached hydrogens (tertiary/aromatic N) is 7. The van der Waals surface area contributed by atoms with E-state index in [1.807, 2.05) is 22.5 Å². The van der Waals surface area contributed by atoms with E-state index in [0.717, 1.165) is 48.4 Å². The van der Waals surface area contributed by atoms with Gasteiger partial charge in [0.05, 0.1) is 31.7 Å². The van der Waals surface area contributed by atoms with Crippen LogP contribution in [0.1, 0.15) is 67.2 Å². The van der Waals surface area contributed by atoms with Crippen molar-refractivity contribution >= 4 is 34.4 Å². The molecule has 2 N–H and O–H groups in total. The average Bonchev–Trinajstić information content (AvgIpc) is 3.41. The van der Waals surface area contributed by atoms with Crippen molar-refractivity contribution < 1.29 is 24.2 Å². The van der Waals surface area contributed by atoms with E-state index in [2.05, 4.69) is 10.3 Å². The molecule has 5 fully saturated rings. The van der Waals surface area contributed by atoms with Crippen molar-refractivity contribution in [2.75, 3.05) is 50.9 Å².